The minimum Gasteiger partial charge on any atom is -0.497 e. The summed E-state index contributed by atoms with van der Waals surface area (Å²) in [5.74, 6) is 0.907. The Morgan fingerprint density at radius 1 is 0.933 bits per heavy atom. The summed E-state index contributed by atoms with van der Waals surface area (Å²) in [5.41, 5.74) is 3.92. The van der Waals surface area contributed by atoms with Crippen LogP contribution in [0.1, 0.15) is 17.5 Å². The first-order valence-electron chi connectivity index (χ1n) is 10.00. The standard InChI is InChI=1S/C23H28N2O2S.2ClH/c1-27-18-8-9-23-21(17-18)19(20-5-2-3-7-22(20)28-23)6-4-10-24-11-13-25(14-12-24)15-16-26;;/h2-3,5-9,17,26H,4,10-16H2,1H3;2*1H/b19-6-;;. The Balaban J connectivity index is 0.00000160. The van der Waals surface area contributed by atoms with Crippen LogP contribution in [0.15, 0.2) is 58.3 Å². The molecule has 2 aromatic rings. The van der Waals surface area contributed by atoms with Crippen molar-refractivity contribution in [3.63, 3.8) is 0 Å². The van der Waals surface area contributed by atoms with Crippen LogP contribution in [-0.2, 0) is 0 Å². The molecule has 2 heterocycles. The van der Waals surface area contributed by atoms with E-state index in [1.165, 1.54) is 26.5 Å². The number of fused-ring (bicyclic) bond motifs is 2. The van der Waals surface area contributed by atoms with Gasteiger partial charge in [0.25, 0.3) is 0 Å². The molecule has 0 aromatic heterocycles. The van der Waals surface area contributed by atoms with Gasteiger partial charge >= 0.3 is 0 Å². The highest BCUT2D eigenvalue weighted by molar-refractivity contribution is 7.99. The van der Waals surface area contributed by atoms with E-state index in [4.69, 9.17) is 9.84 Å². The van der Waals surface area contributed by atoms with Gasteiger partial charge < -0.3 is 14.7 Å². The first-order chi connectivity index (χ1) is 13.8. The monoisotopic (exact) mass is 468 g/mol. The lowest BCUT2D eigenvalue weighted by Crippen LogP contribution is -2.47. The van der Waals surface area contributed by atoms with Crippen molar-refractivity contribution in [2.45, 2.75) is 16.2 Å². The molecule has 30 heavy (non-hydrogen) atoms. The van der Waals surface area contributed by atoms with Crippen LogP contribution in [0.3, 0.4) is 0 Å². The Bertz CT molecular complexity index is 855. The van der Waals surface area contributed by atoms with Crippen LogP contribution in [0.25, 0.3) is 5.57 Å². The maximum absolute atomic E-state index is 9.09. The molecule has 1 N–H and O–H groups in total. The van der Waals surface area contributed by atoms with Crippen LogP contribution < -0.4 is 4.74 Å². The van der Waals surface area contributed by atoms with E-state index in [0.29, 0.717) is 0 Å². The van der Waals surface area contributed by atoms with Gasteiger partial charge in [-0.05, 0) is 47.4 Å². The summed E-state index contributed by atoms with van der Waals surface area (Å²) in [6, 6.07) is 15.1. The van der Waals surface area contributed by atoms with Gasteiger partial charge in [-0.3, -0.25) is 4.90 Å². The van der Waals surface area contributed by atoms with Crippen molar-refractivity contribution in [1.29, 1.82) is 0 Å². The topological polar surface area (TPSA) is 35.9 Å². The summed E-state index contributed by atoms with van der Waals surface area (Å²) < 4.78 is 5.48. The molecule has 0 saturated carbocycles. The number of piperazine rings is 1. The Kier molecular flexibility index (Phi) is 10.0. The Morgan fingerprint density at radius 3 is 2.30 bits per heavy atom. The maximum Gasteiger partial charge on any atom is 0.119 e. The predicted octanol–water partition coefficient (Wildman–Crippen LogP) is 4.44. The quantitative estimate of drug-likeness (QED) is 0.578. The molecule has 4 rings (SSSR count). The van der Waals surface area contributed by atoms with Crippen LogP contribution in [-0.4, -0.2) is 67.9 Å². The molecule has 0 bridgehead atoms. The van der Waals surface area contributed by atoms with Crippen molar-refractivity contribution in [1.82, 2.24) is 9.80 Å². The molecule has 1 fully saturated rings. The van der Waals surface area contributed by atoms with E-state index >= 15 is 0 Å². The van der Waals surface area contributed by atoms with Crippen LogP contribution in [0.2, 0.25) is 0 Å². The van der Waals surface area contributed by atoms with E-state index in [1.807, 2.05) is 17.8 Å². The van der Waals surface area contributed by atoms with E-state index in [2.05, 4.69) is 52.3 Å². The lowest BCUT2D eigenvalue weighted by atomic mass is 9.95. The molecule has 164 valence electrons. The number of hydrogen-bond donors (Lipinski definition) is 1. The van der Waals surface area contributed by atoms with E-state index in [0.717, 1.165) is 51.4 Å². The van der Waals surface area contributed by atoms with Gasteiger partial charge in [0.1, 0.15) is 5.75 Å². The zero-order valence-electron chi connectivity index (χ0n) is 17.3. The molecule has 0 unspecified atom stereocenters. The Labute approximate surface area is 196 Å². The molecule has 7 heteroatoms. The molecule has 1 saturated heterocycles. The van der Waals surface area contributed by atoms with Crippen molar-refractivity contribution in [3.05, 3.63) is 59.7 Å². The third-order valence-electron chi connectivity index (χ3n) is 5.55. The predicted molar refractivity (Wildman–Crippen MR) is 130 cm³/mol. The fraction of sp³-hybridized carbons (Fsp3) is 0.391. The molecule has 0 amide bonds. The smallest absolute Gasteiger partial charge is 0.119 e. The summed E-state index contributed by atoms with van der Waals surface area (Å²) in [4.78, 5) is 7.49. The molecule has 4 nitrogen and oxygen atoms in total. The average Bonchev–Trinajstić information content (AvgIpc) is 2.74. The second kappa shape index (κ2) is 12.0. The summed E-state index contributed by atoms with van der Waals surface area (Å²) in [6.45, 7) is 6.40. The van der Waals surface area contributed by atoms with Crippen LogP contribution in [0, 0.1) is 0 Å². The summed E-state index contributed by atoms with van der Waals surface area (Å²) in [5, 5.41) is 9.09. The van der Waals surface area contributed by atoms with Gasteiger partial charge in [-0.25, -0.2) is 0 Å². The number of aliphatic hydroxyl groups is 1. The lowest BCUT2D eigenvalue weighted by molar-refractivity contribution is 0.114. The molecule has 0 spiro atoms. The Morgan fingerprint density at radius 2 is 1.60 bits per heavy atom. The summed E-state index contributed by atoms with van der Waals surface area (Å²) in [6.07, 6.45) is 3.43. The molecule has 2 aliphatic heterocycles. The number of aliphatic hydroxyl groups excluding tert-OH is 1. The van der Waals surface area contributed by atoms with Gasteiger partial charge in [0.2, 0.25) is 0 Å². The van der Waals surface area contributed by atoms with Gasteiger partial charge in [-0.15, -0.1) is 24.8 Å². The average molecular weight is 469 g/mol. The number of methoxy groups -OCH3 is 1. The molecule has 0 radical (unpaired) electrons. The normalized spacial score (nSPS) is 17.5. The molecule has 2 aliphatic rings. The first-order valence-corrected chi connectivity index (χ1v) is 10.8. The number of halogens is 2. The minimum absolute atomic E-state index is 0. The Hall–Kier alpha value is -1.21. The van der Waals surface area contributed by atoms with Gasteiger partial charge in [0, 0.05) is 49.1 Å². The molecule has 2 aromatic carbocycles. The summed E-state index contributed by atoms with van der Waals surface area (Å²) in [7, 11) is 1.73. The van der Waals surface area contributed by atoms with Gasteiger partial charge in [0.15, 0.2) is 0 Å². The third-order valence-corrected chi connectivity index (χ3v) is 6.70. The highest BCUT2D eigenvalue weighted by Crippen LogP contribution is 2.46. The number of β-amino-alcohol motifs (C(OH)–C–C–N with tert-alkyl or cyclic N) is 1. The molecule has 0 aliphatic carbocycles. The van der Waals surface area contributed by atoms with E-state index in [-0.39, 0.29) is 31.4 Å². The molecular weight excluding hydrogens is 439 g/mol. The molecular formula is C23H30Cl2N2O2S. The van der Waals surface area contributed by atoms with Crippen molar-refractivity contribution in [2.75, 3.05) is 53.0 Å². The second-order valence-corrected chi connectivity index (χ2v) is 8.36. The fourth-order valence-electron chi connectivity index (χ4n) is 3.97. The zero-order valence-corrected chi connectivity index (χ0v) is 19.7. The fourth-order valence-corrected chi connectivity index (χ4v) is 5.05. The van der Waals surface area contributed by atoms with E-state index in [1.54, 1.807) is 7.11 Å². The van der Waals surface area contributed by atoms with Crippen molar-refractivity contribution in [3.8, 4) is 5.75 Å². The van der Waals surface area contributed by atoms with Crippen molar-refractivity contribution >= 4 is 42.1 Å². The lowest BCUT2D eigenvalue weighted by Gasteiger charge is -2.34. The van der Waals surface area contributed by atoms with E-state index < -0.39 is 0 Å². The molecule has 0 atom stereocenters. The highest BCUT2D eigenvalue weighted by atomic mass is 35.5. The van der Waals surface area contributed by atoms with Gasteiger partial charge in [-0.2, -0.15) is 0 Å². The van der Waals surface area contributed by atoms with Crippen molar-refractivity contribution < 1.29 is 9.84 Å². The SMILES string of the molecule is COc1ccc2c(c1)/C(=C\CCN1CCN(CCO)CC1)c1ccccc1S2.Cl.Cl. The number of hydrogen-bond acceptors (Lipinski definition) is 5. The minimum atomic E-state index is 0. The number of ether oxygens (including phenoxy) is 1. The zero-order chi connectivity index (χ0) is 19.3. The maximum atomic E-state index is 9.09. The third kappa shape index (κ3) is 5.72. The highest BCUT2D eigenvalue weighted by Gasteiger charge is 2.21. The van der Waals surface area contributed by atoms with Crippen LogP contribution >= 0.6 is 36.6 Å². The van der Waals surface area contributed by atoms with Gasteiger partial charge in [-0.1, -0.05) is 36.0 Å². The van der Waals surface area contributed by atoms with Crippen LogP contribution in [0.5, 0.6) is 5.75 Å². The summed E-state index contributed by atoms with van der Waals surface area (Å²) >= 11 is 1.84. The van der Waals surface area contributed by atoms with Gasteiger partial charge in [0.05, 0.1) is 13.7 Å². The first kappa shape index (κ1) is 25.1. The second-order valence-electron chi connectivity index (χ2n) is 7.27. The van der Waals surface area contributed by atoms with Crippen LogP contribution in [0.4, 0.5) is 0 Å². The number of nitrogens with zero attached hydrogens (tertiary/aromatic N) is 2. The number of benzene rings is 2. The number of rotatable bonds is 6. The largest absolute Gasteiger partial charge is 0.497 e. The van der Waals surface area contributed by atoms with Crippen molar-refractivity contribution in [2.24, 2.45) is 0 Å². The van der Waals surface area contributed by atoms with E-state index in [9.17, 15) is 0 Å².